The van der Waals surface area contributed by atoms with Gasteiger partial charge in [0.25, 0.3) is 11.8 Å². The Morgan fingerprint density at radius 1 is 1.18 bits per heavy atom. The Labute approximate surface area is 201 Å². The van der Waals surface area contributed by atoms with Gasteiger partial charge in [-0.1, -0.05) is 51.3 Å². The molecule has 0 spiro atoms. The highest BCUT2D eigenvalue weighted by Gasteiger charge is 2.48. The van der Waals surface area contributed by atoms with Crippen LogP contribution >= 0.6 is 0 Å². The van der Waals surface area contributed by atoms with Crippen LogP contribution in [0.4, 0.5) is 5.69 Å². The summed E-state index contributed by atoms with van der Waals surface area (Å²) in [6, 6.07) is 9.33. The molecule has 4 rings (SSSR count). The second kappa shape index (κ2) is 9.99. The van der Waals surface area contributed by atoms with Crippen molar-refractivity contribution in [2.75, 3.05) is 11.9 Å². The molecule has 182 valence electrons. The van der Waals surface area contributed by atoms with E-state index in [4.69, 9.17) is 0 Å². The van der Waals surface area contributed by atoms with Gasteiger partial charge in [0.15, 0.2) is 5.69 Å². The maximum absolute atomic E-state index is 13.5. The van der Waals surface area contributed by atoms with Gasteiger partial charge >= 0.3 is 0 Å². The number of hydrogen-bond donors (Lipinski definition) is 2. The highest BCUT2D eigenvalue weighted by Crippen LogP contribution is 2.29. The van der Waals surface area contributed by atoms with Crippen LogP contribution in [-0.4, -0.2) is 50.5 Å². The number of rotatable bonds is 8. The summed E-state index contributed by atoms with van der Waals surface area (Å²) < 4.78 is 1.53. The van der Waals surface area contributed by atoms with E-state index in [0.717, 1.165) is 56.2 Å². The lowest BCUT2D eigenvalue weighted by Gasteiger charge is -2.43. The van der Waals surface area contributed by atoms with Gasteiger partial charge in [0.1, 0.15) is 11.2 Å². The number of anilines is 1. The first-order valence-electron chi connectivity index (χ1n) is 12.5. The van der Waals surface area contributed by atoms with Crippen LogP contribution in [0.2, 0.25) is 0 Å². The first-order chi connectivity index (χ1) is 16.4. The molecule has 0 saturated heterocycles. The molecule has 3 amide bonds. The highest BCUT2D eigenvalue weighted by molar-refractivity contribution is 6.06. The molecule has 1 saturated carbocycles. The molecule has 0 radical (unpaired) electrons. The molecule has 2 aliphatic rings. The topological polar surface area (TPSA) is 96.3 Å². The second-order valence-electron chi connectivity index (χ2n) is 9.58. The van der Waals surface area contributed by atoms with Gasteiger partial charge in [-0.15, -0.1) is 0 Å². The standard InChI is InChI=1S/C26H35N5O3/c1-4-6-15-30-24(33)22-16-21(23(32)28-20-14-10-7-11-18(20)5-2)29-31(22)17-26(30,3)25(34)27-19-12-8-9-13-19/h7,10-11,14,16,19H,4-6,8-9,12-13,15,17H2,1-3H3,(H,27,34)(H,28,32)/t26-/m0/s1. The summed E-state index contributed by atoms with van der Waals surface area (Å²) in [6.45, 7) is 6.61. The number of carbonyl (C=O) groups is 3. The van der Waals surface area contributed by atoms with E-state index in [-0.39, 0.29) is 36.0 Å². The van der Waals surface area contributed by atoms with E-state index < -0.39 is 5.54 Å². The second-order valence-corrected chi connectivity index (χ2v) is 9.58. The number of fused-ring (bicyclic) bond motifs is 1. The average Bonchev–Trinajstić information content (AvgIpc) is 3.49. The molecule has 1 aliphatic heterocycles. The molecule has 2 heterocycles. The van der Waals surface area contributed by atoms with Crippen molar-refractivity contribution in [1.29, 1.82) is 0 Å². The van der Waals surface area contributed by atoms with Crippen LogP contribution in [0.5, 0.6) is 0 Å². The van der Waals surface area contributed by atoms with Crippen molar-refractivity contribution >= 4 is 23.4 Å². The molecule has 1 aromatic heterocycles. The van der Waals surface area contributed by atoms with Gasteiger partial charge < -0.3 is 15.5 Å². The smallest absolute Gasteiger partial charge is 0.276 e. The summed E-state index contributed by atoms with van der Waals surface area (Å²) in [6.07, 6.45) is 6.67. The predicted octanol–water partition coefficient (Wildman–Crippen LogP) is 3.77. The van der Waals surface area contributed by atoms with Gasteiger partial charge in [0.05, 0.1) is 6.54 Å². The number of unbranched alkanes of at least 4 members (excludes halogenated alkanes) is 1. The number of aromatic nitrogens is 2. The number of benzene rings is 1. The van der Waals surface area contributed by atoms with Crippen LogP contribution in [0.1, 0.15) is 85.8 Å². The third-order valence-electron chi connectivity index (χ3n) is 7.09. The fourth-order valence-corrected chi connectivity index (χ4v) is 4.97. The molecule has 2 aromatic rings. The summed E-state index contributed by atoms with van der Waals surface area (Å²) in [7, 11) is 0. The van der Waals surface area contributed by atoms with Gasteiger partial charge in [-0.05, 0) is 44.2 Å². The quantitative estimate of drug-likeness (QED) is 0.620. The zero-order valence-electron chi connectivity index (χ0n) is 20.4. The number of amides is 3. The largest absolute Gasteiger partial charge is 0.351 e. The summed E-state index contributed by atoms with van der Waals surface area (Å²) in [5, 5.41) is 10.5. The lowest BCUT2D eigenvalue weighted by atomic mass is 9.94. The van der Waals surface area contributed by atoms with E-state index in [1.165, 1.54) is 4.68 Å². The molecule has 1 atom stereocenters. The Morgan fingerprint density at radius 2 is 1.91 bits per heavy atom. The van der Waals surface area contributed by atoms with E-state index in [9.17, 15) is 14.4 Å². The Hall–Kier alpha value is -3.16. The van der Waals surface area contributed by atoms with Gasteiger partial charge in [-0.2, -0.15) is 5.10 Å². The number of hydrogen-bond acceptors (Lipinski definition) is 4. The van der Waals surface area contributed by atoms with E-state index in [0.29, 0.717) is 12.2 Å². The van der Waals surface area contributed by atoms with E-state index in [2.05, 4.69) is 22.7 Å². The van der Waals surface area contributed by atoms with Crippen molar-refractivity contribution in [2.45, 2.75) is 83.8 Å². The zero-order valence-corrected chi connectivity index (χ0v) is 20.4. The Bertz CT molecular complexity index is 1070. The number of nitrogens with zero attached hydrogens (tertiary/aromatic N) is 3. The number of para-hydroxylation sites is 1. The minimum absolute atomic E-state index is 0.145. The molecular formula is C26H35N5O3. The lowest BCUT2D eigenvalue weighted by molar-refractivity contribution is -0.133. The third-order valence-corrected chi connectivity index (χ3v) is 7.09. The maximum atomic E-state index is 13.5. The van der Waals surface area contributed by atoms with E-state index in [1.54, 1.807) is 11.0 Å². The molecule has 34 heavy (non-hydrogen) atoms. The molecular weight excluding hydrogens is 430 g/mol. The Kier molecular flexibility index (Phi) is 7.05. The van der Waals surface area contributed by atoms with Gasteiger partial charge in [-0.3, -0.25) is 19.1 Å². The van der Waals surface area contributed by atoms with Crippen LogP contribution < -0.4 is 10.6 Å². The fraction of sp³-hybridized carbons (Fsp3) is 0.538. The molecule has 0 unspecified atom stereocenters. The van der Waals surface area contributed by atoms with Crippen LogP contribution in [0.3, 0.4) is 0 Å². The SMILES string of the molecule is CCCCN1C(=O)c2cc(C(=O)Nc3ccccc3CC)nn2C[C@@]1(C)C(=O)NC1CCCC1. The van der Waals surface area contributed by atoms with Gasteiger partial charge in [0, 0.05) is 24.3 Å². The van der Waals surface area contributed by atoms with Gasteiger partial charge in [0.2, 0.25) is 5.91 Å². The maximum Gasteiger partial charge on any atom is 0.276 e. The number of nitrogens with one attached hydrogen (secondary N) is 2. The van der Waals surface area contributed by atoms with E-state index in [1.807, 2.05) is 38.1 Å². The molecule has 0 bridgehead atoms. The normalized spacial score (nSPS) is 20.3. The monoisotopic (exact) mass is 465 g/mol. The Balaban J connectivity index is 1.60. The highest BCUT2D eigenvalue weighted by atomic mass is 16.2. The summed E-state index contributed by atoms with van der Waals surface area (Å²) in [4.78, 5) is 41.6. The summed E-state index contributed by atoms with van der Waals surface area (Å²) >= 11 is 0. The van der Waals surface area contributed by atoms with Crippen molar-refractivity contribution < 1.29 is 14.4 Å². The molecule has 8 heteroatoms. The van der Waals surface area contributed by atoms with Crippen LogP contribution in [-0.2, 0) is 17.8 Å². The Morgan fingerprint density at radius 3 is 2.62 bits per heavy atom. The van der Waals surface area contributed by atoms with Crippen LogP contribution in [0.15, 0.2) is 30.3 Å². The number of carbonyl (C=O) groups excluding carboxylic acids is 3. The molecule has 8 nitrogen and oxygen atoms in total. The van der Waals surface area contributed by atoms with Crippen molar-refractivity contribution in [3.05, 3.63) is 47.3 Å². The minimum Gasteiger partial charge on any atom is -0.351 e. The van der Waals surface area contributed by atoms with Crippen molar-refractivity contribution in [3.8, 4) is 0 Å². The van der Waals surface area contributed by atoms with Crippen molar-refractivity contribution in [1.82, 2.24) is 20.0 Å². The fourth-order valence-electron chi connectivity index (χ4n) is 4.97. The summed E-state index contributed by atoms with van der Waals surface area (Å²) in [5.74, 6) is -0.773. The van der Waals surface area contributed by atoms with Crippen molar-refractivity contribution in [3.63, 3.8) is 0 Å². The molecule has 2 N–H and O–H groups in total. The third kappa shape index (κ3) is 4.58. The average molecular weight is 466 g/mol. The van der Waals surface area contributed by atoms with Crippen molar-refractivity contribution in [2.24, 2.45) is 0 Å². The molecule has 1 aromatic carbocycles. The van der Waals surface area contributed by atoms with Crippen LogP contribution in [0, 0.1) is 0 Å². The molecule has 1 fully saturated rings. The predicted molar refractivity (Wildman–Crippen MR) is 131 cm³/mol. The zero-order chi connectivity index (χ0) is 24.3. The van der Waals surface area contributed by atoms with E-state index >= 15 is 0 Å². The van der Waals surface area contributed by atoms with Crippen LogP contribution in [0.25, 0.3) is 0 Å². The first kappa shape index (κ1) is 24.0. The first-order valence-corrected chi connectivity index (χ1v) is 12.5. The number of aryl methyl sites for hydroxylation is 1. The minimum atomic E-state index is -1.06. The molecule has 1 aliphatic carbocycles. The lowest BCUT2D eigenvalue weighted by Crippen LogP contribution is -2.65. The summed E-state index contributed by atoms with van der Waals surface area (Å²) in [5.41, 5.74) is 1.22. The van der Waals surface area contributed by atoms with Gasteiger partial charge in [-0.25, -0.2) is 0 Å².